The van der Waals surface area contributed by atoms with Crippen molar-refractivity contribution in [2.75, 3.05) is 16.8 Å². The molecule has 1 aliphatic heterocycles. The molecule has 2 amide bonds. The number of para-hydroxylation sites is 1. The Kier molecular flexibility index (Phi) is 4.46. The summed E-state index contributed by atoms with van der Waals surface area (Å²) in [7, 11) is 0. The number of benzene rings is 1. The van der Waals surface area contributed by atoms with E-state index in [9.17, 15) is 18.8 Å². The van der Waals surface area contributed by atoms with Gasteiger partial charge >= 0.3 is 5.97 Å². The van der Waals surface area contributed by atoms with Crippen molar-refractivity contribution in [2.45, 2.75) is 13.0 Å². The zero-order valence-electron chi connectivity index (χ0n) is 13.1. The van der Waals surface area contributed by atoms with Gasteiger partial charge in [-0.1, -0.05) is 12.1 Å². The number of anilines is 2. The van der Waals surface area contributed by atoms with Crippen LogP contribution in [0.2, 0.25) is 0 Å². The minimum Gasteiger partial charge on any atom is -0.480 e. The van der Waals surface area contributed by atoms with Crippen LogP contribution in [0.3, 0.4) is 0 Å². The van der Waals surface area contributed by atoms with Gasteiger partial charge in [-0.25, -0.2) is 4.39 Å². The van der Waals surface area contributed by atoms with Crippen molar-refractivity contribution in [3.05, 3.63) is 42.3 Å². The summed E-state index contributed by atoms with van der Waals surface area (Å²) in [6.45, 7) is -0.250. The van der Waals surface area contributed by atoms with Gasteiger partial charge in [0.15, 0.2) is 5.82 Å². The molecule has 2 N–H and O–H groups in total. The summed E-state index contributed by atoms with van der Waals surface area (Å²) >= 11 is 0. The molecule has 9 heteroatoms. The van der Waals surface area contributed by atoms with E-state index in [1.165, 1.54) is 40.0 Å². The number of hydrogen-bond donors (Lipinski definition) is 2. The smallest absolute Gasteiger partial charge is 0.325 e. The van der Waals surface area contributed by atoms with Crippen LogP contribution >= 0.6 is 0 Å². The summed E-state index contributed by atoms with van der Waals surface area (Å²) in [5.74, 6) is -2.78. The molecule has 0 aliphatic carbocycles. The number of nitrogens with zero attached hydrogens (tertiary/aromatic N) is 3. The van der Waals surface area contributed by atoms with Crippen molar-refractivity contribution in [1.29, 1.82) is 0 Å². The maximum Gasteiger partial charge on any atom is 0.325 e. The zero-order chi connectivity index (χ0) is 18.0. The Morgan fingerprint density at radius 3 is 2.80 bits per heavy atom. The molecule has 1 aromatic heterocycles. The molecule has 1 saturated heterocycles. The first-order valence-corrected chi connectivity index (χ1v) is 7.55. The molecule has 130 valence electrons. The lowest BCUT2D eigenvalue weighted by atomic mass is 10.1. The van der Waals surface area contributed by atoms with E-state index in [2.05, 4.69) is 10.4 Å². The van der Waals surface area contributed by atoms with Gasteiger partial charge in [-0.3, -0.25) is 19.1 Å². The number of amides is 2. The van der Waals surface area contributed by atoms with Gasteiger partial charge in [0, 0.05) is 25.2 Å². The maximum atomic E-state index is 13.8. The van der Waals surface area contributed by atoms with Crippen LogP contribution < -0.4 is 10.2 Å². The van der Waals surface area contributed by atoms with E-state index >= 15 is 0 Å². The number of carboxylic acid groups (broad SMARTS) is 1. The molecule has 2 heterocycles. The standard InChI is InChI=1S/C16H15FN4O4/c17-11-3-1-2-4-12(11)21-8-10(7-14(21)22)16(25)18-13-5-6-20(19-13)9-15(23)24/h1-6,10H,7-9H2,(H,23,24)(H,18,19,25). The summed E-state index contributed by atoms with van der Waals surface area (Å²) in [5.41, 5.74) is 0.147. The number of nitrogens with one attached hydrogen (secondary N) is 1. The van der Waals surface area contributed by atoms with E-state index in [1.807, 2.05) is 0 Å². The molecule has 8 nitrogen and oxygen atoms in total. The first-order valence-electron chi connectivity index (χ1n) is 7.55. The highest BCUT2D eigenvalue weighted by Crippen LogP contribution is 2.27. The fraction of sp³-hybridized carbons (Fsp3) is 0.250. The highest BCUT2D eigenvalue weighted by molar-refractivity contribution is 6.03. The first-order chi connectivity index (χ1) is 11.9. The third-order valence-corrected chi connectivity index (χ3v) is 3.83. The van der Waals surface area contributed by atoms with Crippen molar-refractivity contribution >= 4 is 29.3 Å². The fourth-order valence-corrected chi connectivity index (χ4v) is 2.67. The van der Waals surface area contributed by atoms with Crippen LogP contribution in [0.4, 0.5) is 15.9 Å². The lowest BCUT2D eigenvalue weighted by molar-refractivity contribution is -0.137. The topological polar surface area (TPSA) is 105 Å². The number of aliphatic carboxylic acids is 1. The molecule has 1 unspecified atom stereocenters. The van der Waals surface area contributed by atoms with Crippen molar-refractivity contribution in [2.24, 2.45) is 5.92 Å². The van der Waals surface area contributed by atoms with Crippen LogP contribution in [0, 0.1) is 11.7 Å². The molecular weight excluding hydrogens is 331 g/mol. The maximum absolute atomic E-state index is 13.8. The number of rotatable bonds is 5. The monoisotopic (exact) mass is 346 g/mol. The molecule has 0 radical (unpaired) electrons. The van der Waals surface area contributed by atoms with Gasteiger partial charge in [-0.15, -0.1) is 0 Å². The fourth-order valence-electron chi connectivity index (χ4n) is 2.67. The molecule has 1 fully saturated rings. The molecule has 1 aliphatic rings. The van der Waals surface area contributed by atoms with Gasteiger partial charge in [0.25, 0.3) is 0 Å². The van der Waals surface area contributed by atoms with Crippen LogP contribution in [0.5, 0.6) is 0 Å². The number of hydrogen-bond acceptors (Lipinski definition) is 4. The van der Waals surface area contributed by atoms with Gasteiger partial charge in [0.2, 0.25) is 11.8 Å². The van der Waals surface area contributed by atoms with Crippen molar-refractivity contribution in [3.63, 3.8) is 0 Å². The molecule has 1 atom stereocenters. The average Bonchev–Trinajstić information content (AvgIpc) is 3.14. The van der Waals surface area contributed by atoms with E-state index in [0.717, 1.165) is 0 Å². The first kappa shape index (κ1) is 16.6. The number of carbonyl (C=O) groups excluding carboxylic acids is 2. The second-order valence-corrected chi connectivity index (χ2v) is 5.64. The Bertz CT molecular complexity index is 835. The summed E-state index contributed by atoms with van der Waals surface area (Å²) in [6, 6.07) is 7.35. The molecular formula is C16H15FN4O4. The van der Waals surface area contributed by atoms with Crippen LogP contribution in [-0.4, -0.2) is 39.2 Å². The normalized spacial score (nSPS) is 16.9. The van der Waals surface area contributed by atoms with Crippen LogP contribution in [-0.2, 0) is 20.9 Å². The molecule has 3 rings (SSSR count). The predicted octanol–water partition coefficient (Wildman–Crippen LogP) is 1.10. The molecule has 25 heavy (non-hydrogen) atoms. The lowest BCUT2D eigenvalue weighted by Gasteiger charge is -2.17. The minimum absolute atomic E-state index is 0.0317. The summed E-state index contributed by atoms with van der Waals surface area (Å²) in [4.78, 5) is 36.3. The van der Waals surface area contributed by atoms with Crippen LogP contribution in [0.25, 0.3) is 0 Å². The van der Waals surface area contributed by atoms with Crippen LogP contribution in [0.1, 0.15) is 6.42 Å². The van der Waals surface area contributed by atoms with Gasteiger partial charge in [0.05, 0.1) is 11.6 Å². The largest absolute Gasteiger partial charge is 0.480 e. The van der Waals surface area contributed by atoms with E-state index < -0.39 is 23.6 Å². The van der Waals surface area contributed by atoms with Gasteiger partial charge < -0.3 is 15.3 Å². The number of carboxylic acids is 1. The number of carbonyl (C=O) groups is 3. The quantitative estimate of drug-likeness (QED) is 0.843. The zero-order valence-corrected chi connectivity index (χ0v) is 13.1. The van der Waals surface area contributed by atoms with E-state index in [4.69, 9.17) is 5.11 Å². The molecule has 0 bridgehead atoms. The summed E-state index contributed by atoms with van der Waals surface area (Å²) < 4.78 is 15.0. The SMILES string of the molecule is O=C(O)Cn1ccc(NC(=O)C2CC(=O)N(c3ccccc3F)C2)n1. The Morgan fingerprint density at radius 2 is 2.08 bits per heavy atom. The number of halogens is 1. The molecule has 1 aromatic carbocycles. The summed E-state index contributed by atoms with van der Waals surface area (Å²) in [5, 5.41) is 15.2. The average molecular weight is 346 g/mol. The van der Waals surface area contributed by atoms with E-state index in [1.54, 1.807) is 6.07 Å². The van der Waals surface area contributed by atoms with Crippen LogP contribution in [0.15, 0.2) is 36.5 Å². The Balaban J connectivity index is 1.66. The van der Waals surface area contributed by atoms with E-state index in [-0.39, 0.29) is 36.9 Å². The third-order valence-electron chi connectivity index (χ3n) is 3.83. The minimum atomic E-state index is -1.05. The second-order valence-electron chi connectivity index (χ2n) is 5.64. The second kappa shape index (κ2) is 6.71. The number of aromatic nitrogens is 2. The van der Waals surface area contributed by atoms with Crippen molar-refractivity contribution in [3.8, 4) is 0 Å². The van der Waals surface area contributed by atoms with Crippen molar-refractivity contribution in [1.82, 2.24) is 9.78 Å². The van der Waals surface area contributed by atoms with Gasteiger partial charge in [-0.05, 0) is 12.1 Å². The van der Waals surface area contributed by atoms with E-state index in [0.29, 0.717) is 0 Å². The molecule has 0 spiro atoms. The van der Waals surface area contributed by atoms with Crippen molar-refractivity contribution < 1.29 is 23.9 Å². The van der Waals surface area contributed by atoms with Gasteiger partial charge in [-0.2, -0.15) is 5.10 Å². The van der Waals surface area contributed by atoms with Gasteiger partial charge in [0.1, 0.15) is 12.4 Å². The summed E-state index contributed by atoms with van der Waals surface area (Å²) in [6.07, 6.45) is 1.39. The Labute approximate surface area is 141 Å². The highest BCUT2D eigenvalue weighted by atomic mass is 19.1. The third kappa shape index (κ3) is 3.65. The molecule has 0 saturated carbocycles. The Hall–Kier alpha value is -3.23. The molecule has 2 aromatic rings. The highest BCUT2D eigenvalue weighted by Gasteiger charge is 2.36. The lowest BCUT2D eigenvalue weighted by Crippen LogP contribution is -2.28. The predicted molar refractivity (Wildman–Crippen MR) is 85.4 cm³/mol. The Morgan fingerprint density at radius 1 is 1.32 bits per heavy atom.